The molecule has 0 aliphatic carbocycles. The number of carbonyl (C=O) groups is 1. The molecular weight excluding hydrogens is 273 g/mol. The van der Waals surface area contributed by atoms with E-state index < -0.39 is 11.8 Å². The van der Waals surface area contributed by atoms with Gasteiger partial charge in [-0.05, 0) is 18.6 Å². The van der Waals surface area contributed by atoms with Crippen molar-refractivity contribution in [3.05, 3.63) is 52.4 Å². The van der Waals surface area contributed by atoms with Crippen molar-refractivity contribution in [2.75, 3.05) is 0 Å². The summed E-state index contributed by atoms with van der Waals surface area (Å²) in [6.45, 7) is 1.63. The highest BCUT2D eigenvalue weighted by Crippen LogP contribution is 2.25. The van der Waals surface area contributed by atoms with Crippen LogP contribution in [0, 0.1) is 12.7 Å². The highest BCUT2D eigenvalue weighted by molar-refractivity contribution is 6.33. The third-order valence-electron chi connectivity index (χ3n) is 2.43. The number of hydrogen-bond acceptors (Lipinski definition) is 3. The lowest BCUT2D eigenvalue weighted by molar-refractivity contribution is 0.0696. The van der Waals surface area contributed by atoms with Crippen molar-refractivity contribution in [2.45, 2.75) is 6.92 Å². The number of aryl methyl sites for hydroxylation is 1. The zero-order chi connectivity index (χ0) is 14.0. The Bertz CT molecular complexity index is 646. The average molecular weight is 282 g/mol. The molecule has 1 heterocycles. The Labute approximate surface area is 113 Å². The van der Waals surface area contributed by atoms with E-state index in [1.807, 2.05) is 0 Å². The number of carboxylic acids is 1. The van der Waals surface area contributed by atoms with E-state index in [0.717, 1.165) is 0 Å². The van der Waals surface area contributed by atoms with Gasteiger partial charge in [-0.1, -0.05) is 17.7 Å². The van der Waals surface area contributed by atoms with Gasteiger partial charge in [-0.3, -0.25) is 0 Å². The summed E-state index contributed by atoms with van der Waals surface area (Å²) in [7, 11) is 0. The molecule has 0 saturated carbocycles. The van der Waals surface area contributed by atoms with E-state index in [1.165, 1.54) is 18.3 Å². The molecule has 98 valence electrons. The van der Waals surface area contributed by atoms with E-state index in [2.05, 4.69) is 4.98 Å². The maximum Gasteiger partial charge on any atom is 0.337 e. The lowest BCUT2D eigenvalue weighted by Gasteiger charge is -2.07. The number of pyridine rings is 1. The van der Waals surface area contributed by atoms with E-state index in [1.54, 1.807) is 19.1 Å². The van der Waals surface area contributed by atoms with Crippen molar-refractivity contribution < 1.29 is 19.0 Å². The Balaban J connectivity index is 2.30. The van der Waals surface area contributed by atoms with E-state index in [4.69, 9.17) is 21.4 Å². The van der Waals surface area contributed by atoms with Crippen molar-refractivity contribution in [3.63, 3.8) is 0 Å². The minimum Gasteiger partial charge on any atom is -0.478 e. The van der Waals surface area contributed by atoms with Gasteiger partial charge in [0, 0.05) is 12.1 Å². The SMILES string of the molecule is Cc1ccc(Oc2cc(C(=O)O)c(Cl)cn2)cc1F. The van der Waals surface area contributed by atoms with Gasteiger partial charge in [0.15, 0.2) is 0 Å². The minimum absolute atomic E-state index is 0.00920. The Morgan fingerprint density at radius 3 is 2.79 bits per heavy atom. The fourth-order valence-electron chi connectivity index (χ4n) is 1.40. The van der Waals surface area contributed by atoms with Crippen LogP contribution in [0.3, 0.4) is 0 Å². The number of hydrogen-bond donors (Lipinski definition) is 1. The van der Waals surface area contributed by atoms with Crippen molar-refractivity contribution in [2.24, 2.45) is 0 Å². The molecule has 0 amide bonds. The molecule has 0 spiro atoms. The van der Waals surface area contributed by atoms with E-state index in [9.17, 15) is 9.18 Å². The number of carboxylic acid groups (broad SMARTS) is 1. The molecule has 0 radical (unpaired) electrons. The molecular formula is C13H9ClFNO3. The lowest BCUT2D eigenvalue weighted by Crippen LogP contribution is -1.99. The molecule has 0 atom stereocenters. The van der Waals surface area contributed by atoms with Crippen LogP contribution in [0.4, 0.5) is 4.39 Å². The topological polar surface area (TPSA) is 59.4 Å². The first-order chi connectivity index (χ1) is 8.97. The molecule has 1 aromatic heterocycles. The zero-order valence-corrected chi connectivity index (χ0v) is 10.6. The number of aromatic carboxylic acids is 1. The van der Waals surface area contributed by atoms with Gasteiger partial charge >= 0.3 is 5.97 Å². The van der Waals surface area contributed by atoms with Crippen molar-refractivity contribution >= 4 is 17.6 Å². The second-order valence-electron chi connectivity index (χ2n) is 3.82. The van der Waals surface area contributed by atoms with Crippen LogP contribution >= 0.6 is 11.6 Å². The van der Waals surface area contributed by atoms with Crippen LogP contribution in [0.5, 0.6) is 11.6 Å². The highest BCUT2D eigenvalue weighted by atomic mass is 35.5. The fourth-order valence-corrected chi connectivity index (χ4v) is 1.58. The molecule has 0 saturated heterocycles. The average Bonchev–Trinajstić information content (AvgIpc) is 2.36. The highest BCUT2D eigenvalue weighted by Gasteiger charge is 2.12. The molecule has 1 N–H and O–H groups in total. The summed E-state index contributed by atoms with van der Waals surface area (Å²) in [5, 5.41) is 8.92. The van der Waals surface area contributed by atoms with Crippen molar-refractivity contribution in [3.8, 4) is 11.6 Å². The van der Waals surface area contributed by atoms with Gasteiger partial charge in [0.05, 0.1) is 16.8 Å². The molecule has 0 unspecified atom stereocenters. The summed E-state index contributed by atoms with van der Waals surface area (Å²) in [5.74, 6) is -1.34. The number of nitrogens with zero attached hydrogens (tertiary/aromatic N) is 1. The van der Waals surface area contributed by atoms with Crippen LogP contribution in [-0.2, 0) is 0 Å². The van der Waals surface area contributed by atoms with Gasteiger partial charge in [-0.25, -0.2) is 14.2 Å². The summed E-state index contributed by atoms with van der Waals surface area (Å²) < 4.78 is 18.6. The Morgan fingerprint density at radius 2 is 2.16 bits per heavy atom. The smallest absolute Gasteiger partial charge is 0.337 e. The maximum absolute atomic E-state index is 13.3. The van der Waals surface area contributed by atoms with Gasteiger partial charge in [-0.15, -0.1) is 0 Å². The molecule has 4 nitrogen and oxygen atoms in total. The first kappa shape index (κ1) is 13.3. The largest absolute Gasteiger partial charge is 0.478 e. The first-order valence-corrected chi connectivity index (χ1v) is 5.68. The quantitative estimate of drug-likeness (QED) is 0.932. The van der Waals surface area contributed by atoms with Gasteiger partial charge in [0.2, 0.25) is 5.88 Å². The van der Waals surface area contributed by atoms with E-state index >= 15 is 0 Å². The van der Waals surface area contributed by atoms with Crippen LogP contribution in [0.25, 0.3) is 0 Å². The predicted molar refractivity (Wildman–Crippen MR) is 67.4 cm³/mol. The normalized spacial score (nSPS) is 10.3. The Morgan fingerprint density at radius 1 is 1.42 bits per heavy atom. The summed E-state index contributed by atoms with van der Waals surface area (Å²) in [4.78, 5) is 14.7. The molecule has 2 rings (SSSR count). The number of halogens is 2. The van der Waals surface area contributed by atoms with Crippen molar-refractivity contribution in [1.29, 1.82) is 0 Å². The monoisotopic (exact) mass is 281 g/mol. The van der Waals surface area contributed by atoms with Crippen molar-refractivity contribution in [1.82, 2.24) is 4.98 Å². The Hall–Kier alpha value is -2.14. The fraction of sp³-hybridized carbons (Fsp3) is 0.0769. The van der Waals surface area contributed by atoms with Crippen LogP contribution in [0.2, 0.25) is 5.02 Å². The summed E-state index contributed by atoms with van der Waals surface area (Å²) in [6, 6.07) is 5.50. The van der Waals surface area contributed by atoms with Crippen LogP contribution in [-0.4, -0.2) is 16.1 Å². The minimum atomic E-state index is -1.19. The summed E-state index contributed by atoms with van der Waals surface area (Å²) in [5.41, 5.74) is 0.363. The maximum atomic E-state index is 13.3. The third-order valence-corrected chi connectivity index (χ3v) is 2.73. The molecule has 0 aliphatic rings. The molecule has 0 aliphatic heterocycles. The molecule has 1 aromatic carbocycles. The molecule has 0 bridgehead atoms. The van der Waals surface area contributed by atoms with Gasteiger partial charge in [0.1, 0.15) is 11.6 Å². The zero-order valence-electron chi connectivity index (χ0n) is 9.85. The second-order valence-corrected chi connectivity index (χ2v) is 4.23. The number of benzene rings is 1. The molecule has 6 heteroatoms. The second kappa shape index (κ2) is 5.24. The van der Waals surface area contributed by atoms with Crippen LogP contribution < -0.4 is 4.74 Å². The summed E-state index contributed by atoms with van der Waals surface area (Å²) in [6.07, 6.45) is 1.17. The lowest BCUT2D eigenvalue weighted by atomic mass is 10.2. The molecule has 0 fully saturated rings. The third kappa shape index (κ3) is 3.00. The van der Waals surface area contributed by atoms with Gasteiger partial charge in [0.25, 0.3) is 0 Å². The summed E-state index contributed by atoms with van der Waals surface area (Å²) >= 11 is 5.68. The standard InChI is InChI=1S/C13H9ClFNO3/c1-7-2-3-8(4-11(7)15)19-12-5-9(13(17)18)10(14)6-16-12/h2-6H,1H3,(H,17,18). The molecule has 2 aromatic rings. The van der Waals surface area contributed by atoms with Crippen LogP contribution in [0.15, 0.2) is 30.5 Å². The predicted octanol–water partition coefficient (Wildman–Crippen LogP) is 3.67. The van der Waals surface area contributed by atoms with Crippen LogP contribution in [0.1, 0.15) is 15.9 Å². The number of ether oxygens (including phenoxy) is 1. The number of aromatic nitrogens is 1. The molecule has 19 heavy (non-hydrogen) atoms. The Kier molecular flexibility index (Phi) is 3.66. The van der Waals surface area contributed by atoms with Gasteiger partial charge in [-0.2, -0.15) is 0 Å². The van der Waals surface area contributed by atoms with Gasteiger partial charge < -0.3 is 9.84 Å². The number of rotatable bonds is 3. The first-order valence-electron chi connectivity index (χ1n) is 5.30. The van der Waals surface area contributed by atoms with E-state index in [-0.39, 0.29) is 22.2 Å². The van der Waals surface area contributed by atoms with E-state index in [0.29, 0.717) is 5.56 Å².